The van der Waals surface area contributed by atoms with Gasteiger partial charge in [-0.1, -0.05) is 12.1 Å². The van der Waals surface area contributed by atoms with E-state index in [0.29, 0.717) is 5.75 Å². The van der Waals surface area contributed by atoms with Crippen LogP contribution in [0.15, 0.2) is 53.7 Å². The van der Waals surface area contributed by atoms with Gasteiger partial charge in [-0.05, 0) is 37.3 Å². The molecule has 0 aliphatic carbocycles. The van der Waals surface area contributed by atoms with E-state index in [4.69, 9.17) is 4.74 Å². The SMILES string of the molecule is C[C@H](NS(=O)(=O)c1cccnc1)C(=O)Oc1cc[c]cc1. The van der Waals surface area contributed by atoms with Gasteiger partial charge < -0.3 is 4.74 Å². The minimum Gasteiger partial charge on any atom is -0.425 e. The smallest absolute Gasteiger partial charge is 0.329 e. The van der Waals surface area contributed by atoms with Crippen molar-refractivity contribution in [1.29, 1.82) is 0 Å². The van der Waals surface area contributed by atoms with Crippen LogP contribution in [0.1, 0.15) is 6.92 Å². The van der Waals surface area contributed by atoms with Crippen LogP contribution < -0.4 is 9.46 Å². The zero-order valence-electron chi connectivity index (χ0n) is 11.2. The highest BCUT2D eigenvalue weighted by molar-refractivity contribution is 7.89. The second-order valence-corrected chi connectivity index (χ2v) is 5.90. The molecule has 109 valence electrons. The number of nitrogens with one attached hydrogen (secondary N) is 1. The summed E-state index contributed by atoms with van der Waals surface area (Å²) >= 11 is 0. The number of carbonyl (C=O) groups is 1. The van der Waals surface area contributed by atoms with Crippen LogP contribution in [-0.4, -0.2) is 25.4 Å². The van der Waals surface area contributed by atoms with Crippen molar-refractivity contribution in [3.63, 3.8) is 0 Å². The van der Waals surface area contributed by atoms with Gasteiger partial charge in [0.05, 0.1) is 0 Å². The van der Waals surface area contributed by atoms with E-state index in [0.717, 1.165) is 0 Å². The Labute approximate surface area is 122 Å². The number of hydrogen-bond acceptors (Lipinski definition) is 5. The molecule has 0 bridgehead atoms. The summed E-state index contributed by atoms with van der Waals surface area (Å²) in [5, 5.41) is 0. The van der Waals surface area contributed by atoms with Crippen LogP contribution in [0, 0.1) is 6.07 Å². The minimum absolute atomic E-state index is 0.0149. The monoisotopic (exact) mass is 305 g/mol. The van der Waals surface area contributed by atoms with E-state index in [1.807, 2.05) is 0 Å². The van der Waals surface area contributed by atoms with Crippen molar-refractivity contribution < 1.29 is 17.9 Å². The van der Waals surface area contributed by atoms with Crippen LogP contribution in [0.25, 0.3) is 0 Å². The molecule has 1 heterocycles. The molecule has 0 unspecified atom stereocenters. The molecule has 0 amide bonds. The summed E-state index contributed by atoms with van der Waals surface area (Å²) in [6.07, 6.45) is 2.66. The summed E-state index contributed by atoms with van der Waals surface area (Å²) in [4.78, 5) is 15.6. The number of carbonyl (C=O) groups excluding carboxylic acids is 1. The average Bonchev–Trinajstić information content (AvgIpc) is 2.48. The summed E-state index contributed by atoms with van der Waals surface area (Å²) in [5.41, 5.74) is 0. The molecule has 0 saturated heterocycles. The van der Waals surface area contributed by atoms with E-state index >= 15 is 0 Å². The van der Waals surface area contributed by atoms with Crippen molar-refractivity contribution in [2.75, 3.05) is 0 Å². The van der Waals surface area contributed by atoms with Crippen LogP contribution in [0.2, 0.25) is 0 Å². The third kappa shape index (κ3) is 4.11. The van der Waals surface area contributed by atoms with E-state index in [-0.39, 0.29) is 4.90 Å². The van der Waals surface area contributed by atoms with Gasteiger partial charge in [0.15, 0.2) is 0 Å². The molecular weight excluding hydrogens is 292 g/mol. The molecule has 7 heteroatoms. The lowest BCUT2D eigenvalue weighted by molar-refractivity contribution is -0.135. The van der Waals surface area contributed by atoms with Gasteiger partial charge in [-0.25, -0.2) is 13.2 Å². The van der Waals surface area contributed by atoms with Gasteiger partial charge in [0.2, 0.25) is 10.0 Å². The summed E-state index contributed by atoms with van der Waals surface area (Å²) in [7, 11) is -3.82. The standard InChI is InChI=1S/C14H13N2O4S/c1-11(14(17)20-12-6-3-2-4-7-12)16-21(18,19)13-8-5-9-15-10-13/h3-11,16H,1H3/t11-/m0/s1. The highest BCUT2D eigenvalue weighted by Crippen LogP contribution is 2.10. The van der Waals surface area contributed by atoms with Crippen LogP contribution in [-0.2, 0) is 14.8 Å². The number of nitrogens with zero attached hydrogens (tertiary/aromatic N) is 1. The average molecular weight is 305 g/mol. The number of ether oxygens (including phenoxy) is 1. The molecule has 21 heavy (non-hydrogen) atoms. The third-order valence-electron chi connectivity index (χ3n) is 2.54. The molecule has 1 aromatic heterocycles. The molecule has 2 rings (SSSR count). The maximum atomic E-state index is 12.0. The summed E-state index contributed by atoms with van der Waals surface area (Å²) in [6.45, 7) is 1.41. The second-order valence-electron chi connectivity index (χ2n) is 4.19. The largest absolute Gasteiger partial charge is 0.425 e. The molecule has 6 nitrogen and oxygen atoms in total. The molecular formula is C14H13N2O4S. The first-order valence-corrected chi connectivity index (χ1v) is 7.57. The molecule has 1 atom stereocenters. The van der Waals surface area contributed by atoms with E-state index in [1.54, 1.807) is 24.3 Å². The first-order chi connectivity index (χ1) is 9.99. The zero-order chi connectivity index (χ0) is 15.3. The Morgan fingerprint density at radius 2 is 2.05 bits per heavy atom. The molecule has 0 aliphatic heterocycles. The Morgan fingerprint density at radius 3 is 2.67 bits per heavy atom. The van der Waals surface area contributed by atoms with Gasteiger partial charge in [0.1, 0.15) is 16.7 Å². The van der Waals surface area contributed by atoms with Gasteiger partial charge >= 0.3 is 5.97 Å². The van der Waals surface area contributed by atoms with Crippen molar-refractivity contribution in [2.24, 2.45) is 0 Å². The fourth-order valence-electron chi connectivity index (χ4n) is 1.50. The van der Waals surface area contributed by atoms with Gasteiger partial charge in [0.25, 0.3) is 0 Å². The normalized spacial score (nSPS) is 12.6. The van der Waals surface area contributed by atoms with Gasteiger partial charge in [-0.3, -0.25) is 4.98 Å². The predicted molar refractivity (Wildman–Crippen MR) is 74.9 cm³/mol. The molecule has 0 saturated carbocycles. The number of benzene rings is 1. The molecule has 0 spiro atoms. The number of rotatable bonds is 5. The summed E-state index contributed by atoms with van der Waals surface area (Å²) in [5.74, 6) is -0.375. The Hall–Kier alpha value is -2.25. The minimum atomic E-state index is -3.82. The lowest BCUT2D eigenvalue weighted by Gasteiger charge is -2.13. The van der Waals surface area contributed by atoms with Crippen molar-refractivity contribution in [3.8, 4) is 5.75 Å². The van der Waals surface area contributed by atoms with Gasteiger partial charge in [-0.2, -0.15) is 4.72 Å². The first kappa shape index (κ1) is 15.1. The highest BCUT2D eigenvalue weighted by Gasteiger charge is 2.23. The molecule has 1 aromatic carbocycles. The maximum absolute atomic E-state index is 12.0. The Bertz CT molecular complexity index is 702. The van der Waals surface area contributed by atoms with Crippen molar-refractivity contribution in [3.05, 3.63) is 54.9 Å². The number of sulfonamides is 1. The maximum Gasteiger partial charge on any atom is 0.329 e. The lowest BCUT2D eigenvalue weighted by Crippen LogP contribution is -2.40. The van der Waals surface area contributed by atoms with Gasteiger partial charge in [-0.15, -0.1) is 0 Å². The predicted octanol–water partition coefficient (Wildman–Crippen LogP) is 1.15. The van der Waals surface area contributed by atoms with Gasteiger partial charge in [0, 0.05) is 12.4 Å². The number of hydrogen-bond donors (Lipinski definition) is 1. The molecule has 1 radical (unpaired) electrons. The lowest BCUT2D eigenvalue weighted by atomic mass is 10.3. The zero-order valence-corrected chi connectivity index (χ0v) is 12.0. The van der Waals surface area contributed by atoms with Crippen molar-refractivity contribution in [2.45, 2.75) is 17.9 Å². The van der Waals surface area contributed by atoms with E-state index < -0.39 is 22.0 Å². The number of aromatic nitrogens is 1. The van der Waals surface area contributed by atoms with E-state index in [9.17, 15) is 13.2 Å². The van der Waals surface area contributed by atoms with Crippen LogP contribution in [0.5, 0.6) is 5.75 Å². The molecule has 0 aliphatic rings. The number of pyridine rings is 1. The quantitative estimate of drug-likeness (QED) is 0.661. The summed E-state index contributed by atoms with van der Waals surface area (Å²) < 4.78 is 31.4. The Balaban J connectivity index is 2.04. The van der Waals surface area contributed by atoms with Crippen molar-refractivity contribution >= 4 is 16.0 Å². The first-order valence-electron chi connectivity index (χ1n) is 6.09. The molecule has 1 N–H and O–H groups in total. The topological polar surface area (TPSA) is 85.4 Å². The third-order valence-corrected chi connectivity index (χ3v) is 4.06. The van der Waals surface area contributed by atoms with E-state index in [2.05, 4.69) is 15.8 Å². The van der Waals surface area contributed by atoms with Crippen LogP contribution >= 0.6 is 0 Å². The number of esters is 1. The fraction of sp³-hybridized carbons (Fsp3) is 0.143. The Morgan fingerprint density at radius 1 is 1.33 bits per heavy atom. The Kier molecular flexibility index (Phi) is 4.66. The second kappa shape index (κ2) is 6.47. The highest BCUT2D eigenvalue weighted by atomic mass is 32.2. The molecule has 0 fully saturated rings. The summed E-state index contributed by atoms with van der Waals surface area (Å²) in [6, 6.07) is 10.9. The molecule has 2 aromatic rings. The van der Waals surface area contributed by atoms with Crippen LogP contribution in [0.4, 0.5) is 0 Å². The fourth-order valence-corrected chi connectivity index (χ4v) is 2.65. The van der Waals surface area contributed by atoms with Crippen molar-refractivity contribution in [1.82, 2.24) is 9.71 Å². The van der Waals surface area contributed by atoms with Crippen LogP contribution in [0.3, 0.4) is 0 Å². The van der Waals surface area contributed by atoms with E-state index in [1.165, 1.54) is 31.5 Å².